The van der Waals surface area contributed by atoms with Crippen LogP contribution in [0.5, 0.6) is 0 Å². The van der Waals surface area contributed by atoms with Crippen LogP contribution in [0.25, 0.3) is 0 Å². The molecule has 2 aliphatic rings. The zero-order valence-corrected chi connectivity index (χ0v) is 9.66. The van der Waals surface area contributed by atoms with Crippen LogP contribution in [0.15, 0.2) is 0 Å². The molecule has 0 saturated carbocycles. The van der Waals surface area contributed by atoms with E-state index in [2.05, 4.69) is 5.32 Å². The Bertz CT molecular complexity index is 336. The van der Waals surface area contributed by atoms with Gasteiger partial charge < -0.3 is 4.90 Å². The molecule has 3 amide bonds. The minimum Gasteiger partial charge on any atom is -0.340 e. The molecular formula is C10H13ClN2O3. The quantitative estimate of drug-likeness (QED) is 0.537. The lowest BCUT2D eigenvalue weighted by Crippen LogP contribution is -2.38. The van der Waals surface area contributed by atoms with Gasteiger partial charge in [0.05, 0.1) is 11.8 Å². The van der Waals surface area contributed by atoms with Crippen LogP contribution in [0, 0.1) is 11.8 Å². The normalized spacial score (nSPS) is 30.2. The molecular weight excluding hydrogens is 232 g/mol. The predicted molar refractivity (Wildman–Crippen MR) is 56.6 cm³/mol. The van der Waals surface area contributed by atoms with E-state index in [-0.39, 0.29) is 29.6 Å². The highest BCUT2D eigenvalue weighted by Gasteiger charge is 2.49. The fraction of sp³-hybridized carbons (Fsp3) is 0.700. The van der Waals surface area contributed by atoms with Gasteiger partial charge in [0.25, 0.3) is 0 Å². The largest absolute Gasteiger partial charge is 0.340 e. The number of alkyl halides is 1. The molecule has 0 bridgehead atoms. The minimum absolute atomic E-state index is 0.181. The van der Waals surface area contributed by atoms with Gasteiger partial charge in [-0.25, -0.2) is 0 Å². The number of imide groups is 1. The molecule has 2 heterocycles. The number of fused-ring (bicyclic) bond motifs is 1. The number of hydrogen-bond acceptors (Lipinski definition) is 3. The summed E-state index contributed by atoms with van der Waals surface area (Å²) in [7, 11) is 0. The fourth-order valence-electron chi connectivity index (χ4n) is 2.19. The Hall–Kier alpha value is -1.10. The van der Waals surface area contributed by atoms with Gasteiger partial charge >= 0.3 is 0 Å². The van der Waals surface area contributed by atoms with E-state index in [1.807, 2.05) is 6.92 Å². The van der Waals surface area contributed by atoms with Gasteiger partial charge in [0.2, 0.25) is 17.7 Å². The Morgan fingerprint density at radius 2 is 1.94 bits per heavy atom. The summed E-state index contributed by atoms with van der Waals surface area (Å²) in [6.45, 7) is 2.44. The molecule has 88 valence electrons. The maximum absolute atomic E-state index is 11.8. The third-order valence-corrected chi connectivity index (χ3v) is 3.67. The molecule has 16 heavy (non-hydrogen) atoms. The van der Waals surface area contributed by atoms with Crippen LogP contribution in [0.2, 0.25) is 0 Å². The van der Waals surface area contributed by atoms with Crippen LogP contribution < -0.4 is 5.32 Å². The molecule has 0 aromatic rings. The molecule has 0 aliphatic carbocycles. The van der Waals surface area contributed by atoms with Gasteiger partial charge in [-0.15, -0.1) is 11.6 Å². The van der Waals surface area contributed by atoms with Crippen molar-refractivity contribution in [3.63, 3.8) is 0 Å². The first-order valence-corrected chi connectivity index (χ1v) is 5.75. The second kappa shape index (κ2) is 4.05. The standard InChI is InChI=1S/C10H13ClN2O3/c1-2-7(11)10(16)13-3-5-6(4-13)9(15)12-8(5)14/h5-7H,2-4H2,1H3,(H,12,14,15)/t5-,6-,7+/m1/s1. The van der Waals surface area contributed by atoms with Crippen molar-refractivity contribution in [3.8, 4) is 0 Å². The summed E-state index contributed by atoms with van der Waals surface area (Å²) < 4.78 is 0. The van der Waals surface area contributed by atoms with E-state index >= 15 is 0 Å². The number of hydrogen-bond donors (Lipinski definition) is 1. The Morgan fingerprint density at radius 3 is 2.38 bits per heavy atom. The number of carbonyl (C=O) groups is 3. The number of carbonyl (C=O) groups excluding carboxylic acids is 3. The molecule has 0 aromatic heterocycles. The average molecular weight is 245 g/mol. The topological polar surface area (TPSA) is 66.5 Å². The predicted octanol–water partition coefficient (Wildman–Crippen LogP) is -0.265. The van der Waals surface area contributed by atoms with Gasteiger partial charge in [0.15, 0.2) is 0 Å². The van der Waals surface area contributed by atoms with Crippen LogP contribution in [0.4, 0.5) is 0 Å². The lowest BCUT2D eigenvalue weighted by atomic mass is 10.00. The minimum atomic E-state index is -0.558. The smallest absolute Gasteiger partial charge is 0.240 e. The van der Waals surface area contributed by atoms with Gasteiger partial charge in [-0.2, -0.15) is 0 Å². The molecule has 1 N–H and O–H groups in total. The zero-order chi connectivity index (χ0) is 11.9. The van der Waals surface area contributed by atoms with Gasteiger partial charge in [0.1, 0.15) is 5.38 Å². The van der Waals surface area contributed by atoms with E-state index in [1.54, 1.807) is 0 Å². The van der Waals surface area contributed by atoms with E-state index < -0.39 is 5.38 Å². The van der Waals surface area contributed by atoms with E-state index in [1.165, 1.54) is 4.90 Å². The third kappa shape index (κ3) is 1.69. The van der Waals surface area contributed by atoms with Gasteiger partial charge in [0, 0.05) is 13.1 Å². The summed E-state index contributed by atoms with van der Waals surface area (Å²) in [5.74, 6) is -1.48. The fourth-order valence-corrected chi connectivity index (χ4v) is 2.33. The average Bonchev–Trinajstić information content (AvgIpc) is 2.80. The molecule has 6 heteroatoms. The number of likely N-dealkylation sites (tertiary alicyclic amines) is 1. The number of halogens is 1. The Labute approximate surface area is 98.1 Å². The number of nitrogens with zero attached hydrogens (tertiary/aromatic N) is 1. The van der Waals surface area contributed by atoms with Crippen molar-refractivity contribution in [3.05, 3.63) is 0 Å². The van der Waals surface area contributed by atoms with Crippen LogP contribution in [0.3, 0.4) is 0 Å². The second-order valence-electron chi connectivity index (χ2n) is 4.19. The molecule has 0 aromatic carbocycles. The number of amides is 3. The van der Waals surface area contributed by atoms with Crippen molar-refractivity contribution in [1.82, 2.24) is 10.2 Å². The highest BCUT2D eigenvalue weighted by molar-refractivity contribution is 6.30. The lowest BCUT2D eigenvalue weighted by Gasteiger charge is -2.19. The SMILES string of the molecule is CC[C@H](Cl)C(=O)N1C[C@H]2C(=O)NC(=O)[C@@H]2C1. The summed E-state index contributed by atoms with van der Waals surface area (Å²) in [5, 5.41) is 1.71. The van der Waals surface area contributed by atoms with Crippen molar-refractivity contribution < 1.29 is 14.4 Å². The van der Waals surface area contributed by atoms with Crippen molar-refractivity contribution >= 4 is 29.3 Å². The van der Waals surface area contributed by atoms with Crippen LogP contribution in [-0.2, 0) is 14.4 Å². The molecule has 2 rings (SSSR count). The van der Waals surface area contributed by atoms with Gasteiger partial charge in [-0.05, 0) is 6.42 Å². The molecule has 0 unspecified atom stereocenters. The molecule has 2 aliphatic heterocycles. The highest BCUT2D eigenvalue weighted by atomic mass is 35.5. The first-order chi connectivity index (χ1) is 7.54. The molecule has 0 spiro atoms. The number of nitrogens with one attached hydrogen (secondary N) is 1. The van der Waals surface area contributed by atoms with Crippen LogP contribution in [-0.4, -0.2) is 41.1 Å². The highest BCUT2D eigenvalue weighted by Crippen LogP contribution is 2.29. The summed E-state index contributed by atoms with van der Waals surface area (Å²) >= 11 is 5.85. The van der Waals surface area contributed by atoms with Crippen molar-refractivity contribution in [2.24, 2.45) is 11.8 Å². The Kier molecular flexibility index (Phi) is 2.88. The van der Waals surface area contributed by atoms with Crippen LogP contribution in [0.1, 0.15) is 13.3 Å². The zero-order valence-electron chi connectivity index (χ0n) is 8.90. The molecule has 2 saturated heterocycles. The summed E-state index contributed by atoms with van der Waals surface area (Å²) in [6, 6.07) is 0. The first-order valence-electron chi connectivity index (χ1n) is 5.32. The Balaban J connectivity index is 2.06. The van der Waals surface area contributed by atoms with Gasteiger partial charge in [-0.3, -0.25) is 19.7 Å². The van der Waals surface area contributed by atoms with E-state index in [0.717, 1.165) is 0 Å². The lowest BCUT2D eigenvalue weighted by molar-refractivity contribution is -0.131. The third-order valence-electron chi connectivity index (χ3n) is 3.18. The Morgan fingerprint density at radius 1 is 1.44 bits per heavy atom. The van der Waals surface area contributed by atoms with Crippen LogP contribution >= 0.6 is 11.6 Å². The van der Waals surface area contributed by atoms with Crippen molar-refractivity contribution in [1.29, 1.82) is 0 Å². The van der Waals surface area contributed by atoms with E-state index in [9.17, 15) is 14.4 Å². The van der Waals surface area contributed by atoms with E-state index in [0.29, 0.717) is 19.5 Å². The second-order valence-corrected chi connectivity index (χ2v) is 4.71. The number of rotatable bonds is 2. The summed E-state index contributed by atoms with van der Waals surface area (Å²) in [4.78, 5) is 36.0. The summed E-state index contributed by atoms with van der Waals surface area (Å²) in [5.41, 5.74) is 0. The molecule has 0 radical (unpaired) electrons. The van der Waals surface area contributed by atoms with Gasteiger partial charge in [-0.1, -0.05) is 6.92 Å². The monoisotopic (exact) mass is 244 g/mol. The van der Waals surface area contributed by atoms with Crippen molar-refractivity contribution in [2.75, 3.05) is 13.1 Å². The van der Waals surface area contributed by atoms with Crippen molar-refractivity contribution in [2.45, 2.75) is 18.7 Å². The maximum Gasteiger partial charge on any atom is 0.240 e. The molecule has 3 atom stereocenters. The van der Waals surface area contributed by atoms with E-state index in [4.69, 9.17) is 11.6 Å². The first kappa shape index (κ1) is 11.4. The molecule has 2 fully saturated rings. The maximum atomic E-state index is 11.8. The summed E-state index contributed by atoms with van der Waals surface area (Å²) in [6.07, 6.45) is 0.548. The molecule has 5 nitrogen and oxygen atoms in total.